The third-order valence-electron chi connectivity index (χ3n) is 3.13. The molecule has 0 saturated heterocycles. The quantitative estimate of drug-likeness (QED) is 0.855. The zero-order chi connectivity index (χ0) is 12.5. The van der Waals surface area contributed by atoms with Crippen LogP contribution in [0, 0.1) is 5.41 Å². The van der Waals surface area contributed by atoms with Gasteiger partial charge in [-0.2, -0.15) is 0 Å². The molecule has 17 heavy (non-hydrogen) atoms. The van der Waals surface area contributed by atoms with Crippen molar-refractivity contribution in [2.75, 3.05) is 0 Å². The van der Waals surface area contributed by atoms with Crippen molar-refractivity contribution in [3.8, 4) is 0 Å². The molecule has 2 aromatic rings. The third kappa shape index (κ3) is 2.57. The molecule has 0 aliphatic rings. The number of ketones is 1. The summed E-state index contributed by atoms with van der Waals surface area (Å²) in [6.07, 6.45) is 3.45. The number of nitrogens with one attached hydrogen (secondary N) is 1. The predicted octanol–water partition coefficient (Wildman–Crippen LogP) is 3.72. The maximum absolute atomic E-state index is 11.9. The number of Topliss-reactive ketones (excluding diaryl/α,β-unsaturated/α-hetero) is 1. The number of benzene rings is 1. The lowest BCUT2D eigenvalue weighted by atomic mass is 9.87. The number of hydrogen-bond donors (Lipinski definition) is 1. The van der Waals surface area contributed by atoms with Gasteiger partial charge in [0.25, 0.3) is 0 Å². The van der Waals surface area contributed by atoms with E-state index in [1.54, 1.807) is 0 Å². The van der Waals surface area contributed by atoms with E-state index in [2.05, 4.69) is 17.1 Å². The molecule has 2 rings (SSSR count). The molecule has 0 spiro atoms. The first-order chi connectivity index (χ1) is 7.98. The van der Waals surface area contributed by atoms with Crippen molar-refractivity contribution in [2.45, 2.75) is 33.6 Å². The molecule has 0 fully saturated rings. The summed E-state index contributed by atoms with van der Waals surface area (Å²) in [7, 11) is 0. The van der Waals surface area contributed by atoms with E-state index in [0.717, 1.165) is 11.9 Å². The molecule has 0 amide bonds. The lowest BCUT2D eigenvalue weighted by Crippen LogP contribution is -2.20. The Labute approximate surface area is 102 Å². The minimum Gasteiger partial charge on any atom is -0.361 e. The minimum absolute atomic E-state index is 0.230. The van der Waals surface area contributed by atoms with E-state index in [4.69, 9.17) is 0 Å². The smallest absolute Gasteiger partial charge is 0.138 e. The summed E-state index contributed by atoms with van der Waals surface area (Å²) in [5.41, 5.74) is 2.15. The molecule has 1 aromatic carbocycles. The fourth-order valence-electron chi connectivity index (χ4n) is 1.96. The first-order valence-corrected chi connectivity index (χ1v) is 6.07. The monoisotopic (exact) mass is 229 g/mol. The van der Waals surface area contributed by atoms with Crippen molar-refractivity contribution in [2.24, 2.45) is 5.41 Å². The summed E-state index contributed by atoms with van der Waals surface area (Å²) in [6, 6.07) is 8.21. The van der Waals surface area contributed by atoms with Gasteiger partial charge in [-0.25, -0.2) is 0 Å². The highest BCUT2D eigenvalue weighted by Gasteiger charge is 2.20. The number of H-pyrrole nitrogens is 1. The van der Waals surface area contributed by atoms with Crippen molar-refractivity contribution in [3.63, 3.8) is 0 Å². The number of rotatable bonds is 3. The van der Waals surface area contributed by atoms with Crippen LogP contribution >= 0.6 is 0 Å². The molecular weight excluding hydrogens is 210 g/mol. The van der Waals surface area contributed by atoms with E-state index in [9.17, 15) is 4.79 Å². The molecule has 0 radical (unpaired) electrons. The fourth-order valence-corrected chi connectivity index (χ4v) is 1.96. The second-order valence-electron chi connectivity index (χ2n) is 5.53. The van der Waals surface area contributed by atoms with Crippen molar-refractivity contribution in [1.29, 1.82) is 0 Å². The number of fused-ring (bicyclic) bond motifs is 1. The van der Waals surface area contributed by atoms with Crippen molar-refractivity contribution < 1.29 is 4.79 Å². The van der Waals surface area contributed by atoms with Gasteiger partial charge in [0.2, 0.25) is 0 Å². The molecular formula is C15H19NO. The lowest BCUT2D eigenvalue weighted by molar-refractivity contribution is -0.126. The Bertz CT molecular complexity index is 531. The Kier molecular flexibility index (Phi) is 3.05. The third-order valence-corrected chi connectivity index (χ3v) is 3.13. The number of para-hydroxylation sites is 1. The average molecular weight is 229 g/mol. The summed E-state index contributed by atoms with van der Waals surface area (Å²) in [5, 5.41) is 1.23. The standard InChI is InChI=1S/C15H19NO/c1-15(2,3)14(17)9-8-11-10-16-13-7-5-4-6-12(11)13/h4-7,10,16H,8-9H2,1-3H3. The second-order valence-corrected chi connectivity index (χ2v) is 5.53. The van der Waals surface area contributed by atoms with Crippen LogP contribution in [-0.2, 0) is 11.2 Å². The number of aryl methyl sites for hydroxylation is 1. The number of carbonyl (C=O) groups excluding carboxylic acids is 1. The Hall–Kier alpha value is -1.57. The maximum Gasteiger partial charge on any atom is 0.138 e. The number of hydrogen-bond acceptors (Lipinski definition) is 1. The lowest BCUT2D eigenvalue weighted by Gasteiger charge is -2.15. The van der Waals surface area contributed by atoms with Crippen LogP contribution in [0.4, 0.5) is 0 Å². The highest BCUT2D eigenvalue weighted by atomic mass is 16.1. The molecule has 0 aliphatic carbocycles. The van der Waals surface area contributed by atoms with Gasteiger partial charge in [0.15, 0.2) is 0 Å². The summed E-state index contributed by atoms with van der Waals surface area (Å²) in [4.78, 5) is 15.1. The molecule has 0 bridgehead atoms. The van der Waals surface area contributed by atoms with Gasteiger partial charge in [-0.3, -0.25) is 4.79 Å². The largest absolute Gasteiger partial charge is 0.361 e. The summed E-state index contributed by atoms with van der Waals surface area (Å²) < 4.78 is 0. The Morgan fingerprint density at radius 1 is 1.24 bits per heavy atom. The van der Waals surface area contributed by atoms with E-state index in [0.29, 0.717) is 12.2 Å². The van der Waals surface area contributed by atoms with Gasteiger partial charge in [-0.15, -0.1) is 0 Å². The normalized spacial score (nSPS) is 11.9. The molecule has 1 N–H and O–H groups in total. The average Bonchev–Trinajstić information content (AvgIpc) is 2.68. The highest BCUT2D eigenvalue weighted by molar-refractivity contribution is 5.86. The molecule has 2 heteroatoms. The van der Waals surface area contributed by atoms with E-state index >= 15 is 0 Å². The molecule has 1 aromatic heterocycles. The number of aromatic nitrogens is 1. The zero-order valence-corrected chi connectivity index (χ0v) is 10.7. The maximum atomic E-state index is 11.9. The van der Waals surface area contributed by atoms with Crippen molar-refractivity contribution in [3.05, 3.63) is 36.0 Å². The van der Waals surface area contributed by atoms with Crippen molar-refractivity contribution in [1.82, 2.24) is 4.98 Å². The van der Waals surface area contributed by atoms with Gasteiger partial charge in [0.05, 0.1) is 0 Å². The van der Waals surface area contributed by atoms with Gasteiger partial charge in [-0.1, -0.05) is 39.0 Å². The minimum atomic E-state index is -0.230. The van der Waals surface area contributed by atoms with E-state index in [1.807, 2.05) is 39.1 Å². The Morgan fingerprint density at radius 3 is 2.65 bits per heavy atom. The molecule has 1 heterocycles. The topological polar surface area (TPSA) is 32.9 Å². The van der Waals surface area contributed by atoms with Crippen LogP contribution in [0.25, 0.3) is 10.9 Å². The Morgan fingerprint density at radius 2 is 1.94 bits per heavy atom. The van der Waals surface area contributed by atoms with E-state index in [-0.39, 0.29) is 5.41 Å². The van der Waals surface area contributed by atoms with Gasteiger partial charge in [0.1, 0.15) is 5.78 Å². The highest BCUT2D eigenvalue weighted by Crippen LogP contribution is 2.22. The number of aromatic amines is 1. The van der Waals surface area contributed by atoms with E-state index in [1.165, 1.54) is 10.9 Å². The van der Waals surface area contributed by atoms with Crippen LogP contribution in [0.2, 0.25) is 0 Å². The molecule has 0 atom stereocenters. The predicted molar refractivity (Wildman–Crippen MR) is 71.1 cm³/mol. The summed E-state index contributed by atoms with van der Waals surface area (Å²) in [5.74, 6) is 0.322. The van der Waals surface area contributed by atoms with Crippen molar-refractivity contribution >= 4 is 16.7 Å². The Balaban J connectivity index is 2.12. The van der Waals surface area contributed by atoms with Gasteiger partial charge in [-0.05, 0) is 18.1 Å². The van der Waals surface area contributed by atoms with Gasteiger partial charge < -0.3 is 4.98 Å². The summed E-state index contributed by atoms with van der Waals surface area (Å²) in [6.45, 7) is 5.93. The van der Waals surface area contributed by atoms with Gasteiger partial charge in [0, 0.05) is 28.9 Å². The van der Waals surface area contributed by atoms with Crippen LogP contribution in [-0.4, -0.2) is 10.8 Å². The number of carbonyl (C=O) groups is 1. The van der Waals surface area contributed by atoms with Crippen LogP contribution in [0.3, 0.4) is 0 Å². The van der Waals surface area contributed by atoms with E-state index < -0.39 is 0 Å². The van der Waals surface area contributed by atoms with Crippen LogP contribution in [0.1, 0.15) is 32.8 Å². The van der Waals surface area contributed by atoms with Crippen LogP contribution in [0.5, 0.6) is 0 Å². The second kappa shape index (κ2) is 4.36. The first-order valence-electron chi connectivity index (χ1n) is 6.07. The zero-order valence-electron chi connectivity index (χ0n) is 10.7. The van der Waals surface area contributed by atoms with Crippen LogP contribution in [0.15, 0.2) is 30.5 Å². The van der Waals surface area contributed by atoms with Gasteiger partial charge >= 0.3 is 0 Å². The van der Waals surface area contributed by atoms with Crippen LogP contribution < -0.4 is 0 Å². The fraction of sp³-hybridized carbons (Fsp3) is 0.400. The molecule has 90 valence electrons. The molecule has 0 unspecified atom stereocenters. The molecule has 2 nitrogen and oxygen atoms in total. The molecule has 0 saturated carbocycles. The SMILES string of the molecule is CC(C)(C)C(=O)CCc1c[nH]c2ccccc12. The first kappa shape index (κ1) is 11.9. The summed E-state index contributed by atoms with van der Waals surface area (Å²) >= 11 is 0. The molecule has 0 aliphatic heterocycles.